The summed E-state index contributed by atoms with van der Waals surface area (Å²) in [5.74, 6) is 0.644. The lowest BCUT2D eigenvalue weighted by Gasteiger charge is -2.21. The Labute approximate surface area is 163 Å². The standard InChI is InChI=1S/C19H17BrFN3O3/c1-2-9-24(12-13-11-14(20)5-6-15(13)21)18(25)8-7-17-22-19(23-27-17)16-4-3-10-26-16/h2-6,10-11H,1,7-9,12H2. The first-order valence-corrected chi connectivity index (χ1v) is 9.05. The van der Waals surface area contributed by atoms with Crippen LogP contribution in [0.5, 0.6) is 0 Å². The van der Waals surface area contributed by atoms with E-state index in [1.54, 1.807) is 30.3 Å². The van der Waals surface area contributed by atoms with Crippen LogP contribution in [0.15, 0.2) is 62.7 Å². The molecule has 0 spiro atoms. The van der Waals surface area contributed by atoms with Crippen LogP contribution in [0.25, 0.3) is 11.6 Å². The SMILES string of the molecule is C=CCN(Cc1cc(Br)ccc1F)C(=O)CCc1nc(-c2ccco2)no1. The minimum atomic E-state index is -0.361. The summed E-state index contributed by atoms with van der Waals surface area (Å²) in [6, 6.07) is 8.09. The Balaban J connectivity index is 1.63. The van der Waals surface area contributed by atoms with E-state index in [-0.39, 0.29) is 31.1 Å². The molecule has 1 aromatic carbocycles. The maximum atomic E-state index is 14.0. The van der Waals surface area contributed by atoms with Crippen molar-refractivity contribution in [3.63, 3.8) is 0 Å². The molecule has 6 nitrogen and oxygen atoms in total. The molecule has 2 aromatic heterocycles. The van der Waals surface area contributed by atoms with Gasteiger partial charge in [-0.2, -0.15) is 4.98 Å². The van der Waals surface area contributed by atoms with Crippen LogP contribution in [0, 0.1) is 5.82 Å². The highest BCUT2D eigenvalue weighted by atomic mass is 79.9. The average molecular weight is 434 g/mol. The van der Waals surface area contributed by atoms with E-state index in [0.717, 1.165) is 4.47 Å². The molecule has 0 aliphatic heterocycles. The van der Waals surface area contributed by atoms with Crippen molar-refractivity contribution in [1.82, 2.24) is 15.0 Å². The van der Waals surface area contributed by atoms with Gasteiger partial charge in [0.2, 0.25) is 17.6 Å². The fraction of sp³-hybridized carbons (Fsp3) is 0.211. The Hall–Kier alpha value is -2.74. The van der Waals surface area contributed by atoms with Gasteiger partial charge >= 0.3 is 0 Å². The zero-order valence-corrected chi connectivity index (χ0v) is 16.0. The smallest absolute Gasteiger partial charge is 0.238 e. The number of rotatable bonds is 8. The van der Waals surface area contributed by atoms with Crippen molar-refractivity contribution in [2.75, 3.05) is 6.54 Å². The monoisotopic (exact) mass is 433 g/mol. The van der Waals surface area contributed by atoms with Crippen LogP contribution in [-0.2, 0) is 17.8 Å². The zero-order chi connectivity index (χ0) is 19.2. The third-order valence-corrected chi connectivity index (χ3v) is 4.33. The van der Waals surface area contributed by atoms with E-state index in [1.165, 1.54) is 17.2 Å². The normalized spacial score (nSPS) is 10.7. The number of hydrogen-bond acceptors (Lipinski definition) is 5. The summed E-state index contributed by atoms with van der Waals surface area (Å²) < 4.78 is 25.1. The van der Waals surface area contributed by atoms with Gasteiger partial charge in [-0.05, 0) is 30.3 Å². The predicted molar refractivity (Wildman–Crippen MR) is 100 cm³/mol. The fourth-order valence-corrected chi connectivity index (χ4v) is 2.92. The van der Waals surface area contributed by atoms with Gasteiger partial charge in [-0.25, -0.2) is 4.39 Å². The molecule has 0 fully saturated rings. The van der Waals surface area contributed by atoms with E-state index in [1.807, 2.05) is 0 Å². The molecule has 8 heteroatoms. The summed E-state index contributed by atoms with van der Waals surface area (Å²) in [5.41, 5.74) is 0.428. The summed E-state index contributed by atoms with van der Waals surface area (Å²) >= 11 is 3.32. The number of carbonyl (C=O) groups excluding carboxylic acids is 1. The summed E-state index contributed by atoms with van der Waals surface area (Å²) in [6.45, 7) is 4.13. The van der Waals surface area contributed by atoms with Crippen LogP contribution in [-0.4, -0.2) is 27.5 Å². The van der Waals surface area contributed by atoms with Gasteiger partial charge < -0.3 is 13.8 Å². The number of nitrogens with zero attached hydrogens (tertiary/aromatic N) is 3. The van der Waals surface area contributed by atoms with Crippen molar-refractivity contribution >= 4 is 21.8 Å². The maximum Gasteiger partial charge on any atom is 0.238 e. The summed E-state index contributed by atoms with van der Waals surface area (Å²) in [7, 11) is 0. The maximum absolute atomic E-state index is 14.0. The molecule has 0 saturated heterocycles. The van der Waals surface area contributed by atoms with Gasteiger partial charge in [-0.3, -0.25) is 4.79 Å². The van der Waals surface area contributed by atoms with E-state index in [4.69, 9.17) is 8.94 Å². The predicted octanol–water partition coefficient (Wildman–Crippen LogP) is 4.38. The Kier molecular flexibility index (Phi) is 6.18. The molecule has 27 heavy (non-hydrogen) atoms. The van der Waals surface area contributed by atoms with Gasteiger partial charge in [0.25, 0.3) is 0 Å². The van der Waals surface area contributed by atoms with Crippen LogP contribution in [0.4, 0.5) is 4.39 Å². The van der Waals surface area contributed by atoms with Crippen LogP contribution in [0.3, 0.4) is 0 Å². The molecule has 0 unspecified atom stereocenters. The summed E-state index contributed by atoms with van der Waals surface area (Å²) in [4.78, 5) is 18.3. The van der Waals surface area contributed by atoms with Gasteiger partial charge in [0.05, 0.1) is 6.26 Å². The number of carbonyl (C=O) groups is 1. The minimum Gasteiger partial charge on any atom is -0.461 e. The summed E-state index contributed by atoms with van der Waals surface area (Å²) in [5, 5.41) is 3.83. The quantitative estimate of drug-likeness (QED) is 0.492. The Morgan fingerprint density at radius 1 is 1.37 bits per heavy atom. The zero-order valence-electron chi connectivity index (χ0n) is 14.4. The Morgan fingerprint density at radius 2 is 2.22 bits per heavy atom. The lowest BCUT2D eigenvalue weighted by molar-refractivity contribution is -0.131. The van der Waals surface area contributed by atoms with E-state index in [2.05, 4.69) is 32.6 Å². The number of hydrogen-bond donors (Lipinski definition) is 0. The van der Waals surface area contributed by atoms with Crippen LogP contribution in [0.2, 0.25) is 0 Å². The number of aromatic nitrogens is 2. The third-order valence-electron chi connectivity index (χ3n) is 3.83. The molecule has 0 aliphatic rings. The molecule has 0 atom stereocenters. The number of aryl methyl sites for hydroxylation is 1. The van der Waals surface area contributed by atoms with E-state index in [0.29, 0.717) is 29.6 Å². The Bertz CT molecular complexity index is 924. The van der Waals surface area contributed by atoms with Gasteiger partial charge in [0.15, 0.2) is 5.76 Å². The molecule has 0 bridgehead atoms. The van der Waals surface area contributed by atoms with Crippen molar-refractivity contribution < 1.29 is 18.1 Å². The molecule has 0 saturated carbocycles. The molecule has 0 N–H and O–H groups in total. The Morgan fingerprint density at radius 3 is 2.96 bits per heavy atom. The summed E-state index contributed by atoms with van der Waals surface area (Å²) in [6.07, 6.45) is 3.56. The number of benzene rings is 1. The minimum absolute atomic E-state index is 0.150. The van der Waals surface area contributed by atoms with E-state index in [9.17, 15) is 9.18 Å². The van der Waals surface area contributed by atoms with Gasteiger partial charge in [-0.15, -0.1) is 6.58 Å². The molecule has 3 rings (SSSR count). The molecule has 3 aromatic rings. The second kappa shape index (κ2) is 8.77. The van der Waals surface area contributed by atoms with Crippen LogP contribution >= 0.6 is 15.9 Å². The molecular weight excluding hydrogens is 417 g/mol. The first-order chi connectivity index (χ1) is 13.1. The second-order valence-electron chi connectivity index (χ2n) is 5.79. The largest absolute Gasteiger partial charge is 0.461 e. The highest BCUT2D eigenvalue weighted by molar-refractivity contribution is 9.10. The molecule has 2 heterocycles. The van der Waals surface area contributed by atoms with E-state index >= 15 is 0 Å². The highest BCUT2D eigenvalue weighted by Crippen LogP contribution is 2.19. The van der Waals surface area contributed by atoms with Crippen LogP contribution in [0.1, 0.15) is 17.9 Å². The molecule has 1 amide bonds. The lowest BCUT2D eigenvalue weighted by atomic mass is 10.2. The number of halogens is 2. The molecule has 0 aliphatic carbocycles. The number of amides is 1. The lowest BCUT2D eigenvalue weighted by Crippen LogP contribution is -2.31. The topological polar surface area (TPSA) is 72.4 Å². The average Bonchev–Trinajstić information content (AvgIpc) is 3.33. The van der Waals surface area contributed by atoms with E-state index < -0.39 is 0 Å². The van der Waals surface area contributed by atoms with Crippen LogP contribution < -0.4 is 0 Å². The molecule has 0 radical (unpaired) electrons. The molecular formula is C19H17BrFN3O3. The second-order valence-corrected chi connectivity index (χ2v) is 6.70. The third kappa shape index (κ3) is 4.91. The van der Waals surface area contributed by atoms with Gasteiger partial charge in [0.1, 0.15) is 5.82 Å². The van der Waals surface area contributed by atoms with Crippen molar-refractivity contribution in [3.8, 4) is 11.6 Å². The van der Waals surface area contributed by atoms with Gasteiger partial charge in [-0.1, -0.05) is 27.2 Å². The van der Waals surface area contributed by atoms with Crippen molar-refractivity contribution in [3.05, 3.63) is 71.0 Å². The van der Waals surface area contributed by atoms with Gasteiger partial charge in [0, 0.05) is 36.0 Å². The van der Waals surface area contributed by atoms with Crippen molar-refractivity contribution in [2.45, 2.75) is 19.4 Å². The molecule has 140 valence electrons. The first-order valence-electron chi connectivity index (χ1n) is 8.26. The first kappa shape index (κ1) is 19.0. The highest BCUT2D eigenvalue weighted by Gasteiger charge is 2.17. The van der Waals surface area contributed by atoms with Crippen molar-refractivity contribution in [1.29, 1.82) is 0 Å². The van der Waals surface area contributed by atoms with Crippen molar-refractivity contribution in [2.24, 2.45) is 0 Å². The number of furan rings is 1. The fourth-order valence-electron chi connectivity index (χ4n) is 2.51.